The highest BCUT2D eigenvalue weighted by Gasteiger charge is 2.30. The summed E-state index contributed by atoms with van der Waals surface area (Å²) in [4.78, 5) is 12.1. The van der Waals surface area contributed by atoms with Gasteiger partial charge in [-0.2, -0.15) is 0 Å². The molecular weight excluding hydrogens is 374 g/mol. The highest BCUT2D eigenvalue weighted by atomic mass is 35.5. The first-order valence-electron chi connectivity index (χ1n) is 9.07. The first kappa shape index (κ1) is 21.2. The number of rotatable bonds is 6. The number of piperidine rings is 1. The molecule has 1 amide bonds. The standard InChI is InChI=1S/C18H27N3O3S.ClH/c22-18(17-9-4-10-19-17)20-12-16-8-5-11-21(13-16)25(23,24)14-15-6-2-1-3-7-15;/h1-3,6-7,16-17,19H,4-5,8-14H2,(H,20,22);1H. The summed E-state index contributed by atoms with van der Waals surface area (Å²) in [6.07, 6.45) is 3.72. The van der Waals surface area contributed by atoms with Crippen molar-refractivity contribution in [1.82, 2.24) is 14.9 Å². The fourth-order valence-electron chi connectivity index (χ4n) is 3.60. The third-order valence-electron chi connectivity index (χ3n) is 5.01. The van der Waals surface area contributed by atoms with Gasteiger partial charge in [-0.05, 0) is 43.7 Å². The molecule has 2 heterocycles. The zero-order chi connectivity index (χ0) is 17.7. The molecule has 0 spiro atoms. The van der Waals surface area contributed by atoms with Gasteiger partial charge in [-0.3, -0.25) is 4.79 Å². The number of nitrogens with one attached hydrogen (secondary N) is 2. The Morgan fingerprint density at radius 1 is 1.19 bits per heavy atom. The van der Waals surface area contributed by atoms with Crippen LogP contribution in [0.2, 0.25) is 0 Å². The van der Waals surface area contributed by atoms with Crippen molar-refractivity contribution in [1.29, 1.82) is 0 Å². The first-order chi connectivity index (χ1) is 12.0. The van der Waals surface area contributed by atoms with Crippen molar-refractivity contribution in [3.63, 3.8) is 0 Å². The smallest absolute Gasteiger partial charge is 0.237 e. The Labute approximate surface area is 162 Å². The quantitative estimate of drug-likeness (QED) is 0.757. The number of hydrogen-bond acceptors (Lipinski definition) is 4. The van der Waals surface area contributed by atoms with Crippen molar-refractivity contribution in [3.05, 3.63) is 35.9 Å². The van der Waals surface area contributed by atoms with Gasteiger partial charge in [0.1, 0.15) is 0 Å². The number of carbonyl (C=O) groups excluding carboxylic acids is 1. The SMILES string of the molecule is Cl.O=C(NCC1CCCN(S(=O)(=O)Cc2ccccc2)C1)C1CCCN1. The van der Waals surface area contributed by atoms with Gasteiger partial charge in [-0.25, -0.2) is 12.7 Å². The van der Waals surface area contributed by atoms with E-state index in [1.165, 1.54) is 0 Å². The van der Waals surface area contributed by atoms with Gasteiger partial charge < -0.3 is 10.6 Å². The molecule has 0 bridgehead atoms. The second-order valence-corrected chi connectivity index (χ2v) is 8.97. The van der Waals surface area contributed by atoms with E-state index in [9.17, 15) is 13.2 Å². The van der Waals surface area contributed by atoms with Gasteiger partial charge >= 0.3 is 0 Å². The summed E-state index contributed by atoms with van der Waals surface area (Å²) in [7, 11) is -3.32. The molecule has 8 heteroatoms. The predicted octanol–water partition coefficient (Wildman–Crippen LogP) is 1.52. The lowest BCUT2D eigenvalue weighted by Crippen LogP contribution is -2.46. The Balaban J connectivity index is 0.00000243. The third kappa shape index (κ3) is 5.67. The van der Waals surface area contributed by atoms with Crippen LogP contribution < -0.4 is 10.6 Å². The molecule has 146 valence electrons. The van der Waals surface area contributed by atoms with Crippen LogP contribution in [0.15, 0.2) is 30.3 Å². The van der Waals surface area contributed by atoms with E-state index < -0.39 is 10.0 Å². The van der Waals surface area contributed by atoms with Crippen LogP contribution in [0.1, 0.15) is 31.2 Å². The highest BCUT2D eigenvalue weighted by molar-refractivity contribution is 7.88. The lowest BCUT2D eigenvalue weighted by Gasteiger charge is -2.32. The molecule has 2 fully saturated rings. The topological polar surface area (TPSA) is 78.5 Å². The van der Waals surface area contributed by atoms with Crippen LogP contribution in [0.4, 0.5) is 0 Å². The number of benzene rings is 1. The molecule has 0 aromatic heterocycles. The molecule has 0 radical (unpaired) electrons. The van der Waals surface area contributed by atoms with Gasteiger partial charge in [-0.1, -0.05) is 30.3 Å². The van der Waals surface area contributed by atoms with Gasteiger partial charge in [-0.15, -0.1) is 12.4 Å². The number of carbonyl (C=O) groups is 1. The molecule has 2 aliphatic rings. The van der Waals surface area contributed by atoms with Crippen molar-refractivity contribution in [2.24, 2.45) is 5.92 Å². The Kier molecular flexibility index (Phi) is 7.88. The van der Waals surface area contributed by atoms with E-state index in [-0.39, 0.29) is 36.0 Å². The highest BCUT2D eigenvalue weighted by Crippen LogP contribution is 2.21. The maximum absolute atomic E-state index is 12.7. The summed E-state index contributed by atoms with van der Waals surface area (Å²) in [5.41, 5.74) is 0.810. The molecule has 6 nitrogen and oxygen atoms in total. The molecule has 2 unspecified atom stereocenters. The maximum Gasteiger partial charge on any atom is 0.237 e. The lowest BCUT2D eigenvalue weighted by atomic mass is 9.99. The molecule has 2 saturated heterocycles. The summed E-state index contributed by atoms with van der Waals surface area (Å²) in [6.45, 7) is 2.51. The number of sulfonamides is 1. The van der Waals surface area contributed by atoms with Crippen molar-refractivity contribution in [3.8, 4) is 0 Å². The number of amides is 1. The van der Waals surface area contributed by atoms with E-state index >= 15 is 0 Å². The minimum atomic E-state index is -3.32. The van der Waals surface area contributed by atoms with E-state index in [2.05, 4.69) is 10.6 Å². The van der Waals surface area contributed by atoms with Crippen LogP contribution in [-0.4, -0.2) is 50.9 Å². The van der Waals surface area contributed by atoms with E-state index in [1.807, 2.05) is 30.3 Å². The first-order valence-corrected chi connectivity index (χ1v) is 10.7. The number of hydrogen-bond donors (Lipinski definition) is 2. The van der Waals surface area contributed by atoms with Crippen molar-refractivity contribution in [2.45, 2.75) is 37.5 Å². The molecule has 1 aromatic carbocycles. The molecule has 0 saturated carbocycles. The van der Waals surface area contributed by atoms with E-state index in [0.717, 1.165) is 37.8 Å². The largest absolute Gasteiger partial charge is 0.354 e. The number of nitrogens with zero attached hydrogens (tertiary/aromatic N) is 1. The summed E-state index contributed by atoms with van der Waals surface area (Å²) in [5, 5.41) is 6.18. The average molecular weight is 402 g/mol. The molecule has 3 rings (SSSR count). The Hall–Kier alpha value is -1.15. The molecular formula is C18H28ClN3O3S. The van der Waals surface area contributed by atoms with Gasteiger partial charge in [0.05, 0.1) is 11.8 Å². The Morgan fingerprint density at radius 2 is 1.96 bits per heavy atom. The molecule has 2 N–H and O–H groups in total. The van der Waals surface area contributed by atoms with Crippen molar-refractivity contribution < 1.29 is 13.2 Å². The van der Waals surface area contributed by atoms with Crippen molar-refractivity contribution in [2.75, 3.05) is 26.2 Å². The van der Waals surface area contributed by atoms with E-state index in [4.69, 9.17) is 0 Å². The Morgan fingerprint density at radius 3 is 2.65 bits per heavy atom. The third-order valence-corrected chi connectivity index (χ3v) is 6.83. The summed E-state index contributed by atoms with van der Waals surface area (Å²) < 4.78 is 26.9. The summed E-state index contributed by atoms with van der Waals surface area (Å²) in [6, 6.07) is 9.20. The average Bonchev–Trinajstić information content (AvgIpc) is 3.15. The lowest BCUT2D eigenvalue weighted by molar-refractivity contribution is -0.123. The van der Waals surface area contributed by atoms with E-state index in [0.29, 0.717) is 19.6 Å². The van der Waals surface area contributed by atoms with Gasteiger partial charge in [0.15, 0.2) is 0 Å². The summed E-state index contributed by atoms with van der Waals surface area (Å²) in [5.74, 6) is 0.269. The fraction of sp³-hybridized carbons (Fsp3) is 0.611. The molecule has 1 aromatic rings. The normalized spacial score (nSPS) is 24.0. The van der Waals surface area contributed by atoms with Crippen LogP contribution in [0, 0.1) is 5.92 Å². The van der Waals surface area contributed by atoms with Crippen molar-refractivity contribution >= 4 is 28.3 Å². The van der Waals surface area contributed by atoms with E-state index in [1.54, 1.807) is 4.31 Å². The fourth-order valence-corrected chi connectivity index (χ4v) is 5.24. The minimum Gasteiger partial charge on any atom is -0.354 e. The predicted molar refractivity (Wildman–Crippen MR) is 105 cm³/mol. The van der Waals surface area contributed by atoms with Crippen LogP contribution in [-0.2, 0) is 20.6 Å². The number of halogens is 1. The zero-order valence-electron chi connectivity index (χ0n) is 14.9. The maximum atomic E-state index is 12.7. The molecule has 26 heavy (non-hydrogen) atoms. The van der Waals surface area contributed by atoms with Crippen LogP contribution in [0.25, 0.3) is 0 Å². The Bertz CT molecular complexity index is 678. The van der Waals surface area contributed by atoms with Crippen LogP contribution >= 0.6 is 12.4 Å². The summed E-state index contributed by atoms with van der Waals surface area (Å²) >= 11 is 0. The molecule has 2 aliphatic heterocycles. The second-order valence-electron chi connectivity index (χ2n) is 7.00. The monoisotopic (exact) mass is 401 g/mol. The molecule has 2 atom stereocenters. The van der Waals surface area contributed by atoms with Gasteiger partial charge in [0.2, 0.25) is 15.9 Å². The van der Waals surface area contributed by atoms with Crippen LogP contribution in [0.5, 0.6) is 0 Å². The zero-order valence-corrected chi connectivity index (χ0v) is 16.5. The molecule has 0 aliphatic carbocycles. The minimum absolute atomic E-state index is 0. The van der Waals surface area contributed by atoms with Crippen LogP contribution in [0.3, 0.4) is 0 Å². The van der Waals surface area contributed by atoms with Gasteiger partial charge in [0, 0.05) is 19.6 Å². The second kappa shape index (κ2) is 9.69. The van der Waals surface area contributed by atoms with Gasteiger partial charge in [0.25, 0.3) is 0 Å².